The number of anilines is 1. The number of hydrogen-bond donors (Lipinski definition) is 2. The smallest absolute Gasteiger partial charge is 0.309 e. The molecule has 2 aromatic rings. The molecular formula is C22H26Cl2N4O2. The highest BCUT2D eigenvalue weighted by molar-refractivity contribution is 6.35. The summed E-state index contributed by atoms with van der Waals surface area (Å²) < 4.78 is 0. The predicted molar refractivity (Wildman–Crippen MR) is 121 cm³/mol. The molecule has 6 nitrogen and oxygen atoms in total. The van der Waals surface area contributed by atoms with Crippen LogP contribution in [0.1, 0.15) is 12.0 Å². The average Bonchev–Trinajstić information content (AvgIpc) is 2.77. The number of benzene rings is 2. The molecule has 0 atom stereocenters. The van der Waals surface area contributed by atoms with Gasteiger partial charge in [0.25, 0.3) is 0 Å². The number of piperazine rings is 1. The molecule has 0 aromatic heterocycles. The van der Waals surface area contributed by atoms with Gasteiger partial charge in [-0.2, -0.15) is 0 Å². The van der Waals surface area contributed by atoms with Crippen LogP contribution in [0, 0.1) is 0 Å². The molecule has 0 bridgehead atoms. The van der Waals surface area contributed by atoms with Crippen molar-refractivity contribution >= 4 is 40.7 Å². The highest BCUT2D eigenvalue weighted by Gasteiger charge is 2.17. The Hall–Kier alpha value is -2.28. The molecule has 0 saturated carbocycles. The van der Waals surface area contributed by atoms with Crippen LogP contribution in [-0.2, 0) is 16.1 Å². The Labute approximate surface area is 187 Å². The summed E-state index contributed by atoms with van der Waals surface area (Å²) in [5, 5.41) is 6.68. The Morgan fingerprint density at radius 3 is 2.00 bits per heavy atom. The fourth-order valence-electron chi connectivity index (χ4n) is 3.33. The first-order chi connectivity index (χ1) is 14.5. The van der Waals surface area contributed by atoms with Gasteiger partial charge in [0.15, 0.2) is 0 Å². The van der Waals surface area contributed by atoms with E-state index in [9.17, 15) is 9.59 Å². The second-order valence-corrected chi connectivity index (χ2v) is 8.10. The lowest BCUT2D eigenvalue weighted by Gasteiger charge is -2.36. The molecule has 1 heterocycles. The van der Waals surface area contributed by atoms with E-state index in [1.807, 2.05) is 36.4 Å². The molecule has 0 spiro atoms. The molecule has 3 rings (SSSR count). The molecule has 0 unspecified atom stereocenters. The largest absolute Gasteiger partial charge is 0.369 e. The SMILES string of the molecule is O=C(NCCCN1CCN(c2ccc(Cl)cc2)CC1)C(=O)NCc1ccc(Cl)cc1. The summed E-state index contributed by atoms with van der Waals surface area (Å²) in [6.45, 7) is 5.52. The summed E-state index contributed by atoms with van der Waals surface area (Å²) in [5.74, 6) is -1.22. The van der Waals surface area contributed by atoms with Gasteiger partial charge in [-0.3, -0.25) is 14.5 Å². The van der Waals surface area contributed by atoms with Crippen molar-refractivity contribution in [3.05, 3.63) is 64.1 Å². The first kappa shape index (κ1) is 22.4. The fraction of sp³-hybridized carbons (Fsp3) is 0.364. The predicted octanol–water partition coefficient (Wildman–Crippen LogP) is 2.94. The number of carbonyl (C=O) groups excluding carboxylic acids is 2. The highest BCUT2D eigenvalue weighted by Crippen LogP contribution is 2.19. The minimum absolute atomic E-state index is 0.293. The number of hydrogen-bond acceptors (Lipinski definition) is 4. The summed E-state index contributed by atoms with van der Waals surface area (Å²) in [5.41, 5.74) is 2.08. The van der Waals surface area contributed by atoms with E-state index in [4.69, 9.17) is 23.2 Å². The molecule has 2 N–H and O–H groups in total. The van der Waals surface area contributed by atoms with Crippen molar-refractivity contribution in [3.63, 3.8) is 0 Å². The Morgan fingerprint density at radius 1 is 0.800 bits per heavy atom. The zero-order valence-electron chi connectivity index (χ0n) is 16.7. The topological polar surface area (TPSA) is 64.7 Å². The Kier molecular flexibility index (Phi) is 8.37. The second-order valence-electron chi connectivity index (χ2n) is 7.22. The van der Waals surface area contributed by atoms with Crippen molar-refractivity contribution in [3.8, 4) is 0 Å². The van der Waals surface area contributed by atoms with Gasteiger partial charge in [0.2, 0.25) is 0 Å². The highest BCUT2D eigenvalue weighted by atomic mass is 35.5. The lowest BCUT2D eigenvalue weighted by atomic mass is 10.2. The minimum Gasteiger partial charge on any atom is -0.369 e. The van der Waals surface area contributed by atoms with Gasteiger partial charge in [0, 0.05) is 55.0 Å². The summed E-state index contributed by atoms with van der Waals surface area (Å²) in [4.78, 5) is 28.5. The van der Waals surface area contributed by atoms with E-state index in [1.165, 1.54) is 5.69 Å². The monoisotopic (exact) mass is 448 g/mol. The molecule has 8 heteroatoms. The molecule has 1 aliphatic heterocycles. The molecule has 160 valence electrons. The zero-order valence-corrected chi connectivity index (χ0v) is 18.3. The van der Waals surface area contributed by atoms with Gasteiger partial charge in [0.1, 0.15) is 0 Å². The van der Waals surface area contributed by atoms with E-state index < -0.39 is 11.8 Å². The first-order valence-electron chi connectivity index (χ1n) is 10.0. The lowest BCUT2D eigenvalue weighted by molar-refractivity contribution is -0.139. The summed E-state index contributed by atoms with van der Waals surface area (Å²) in [6.07, 6.45) is 0.803. The first-order valence-corrected chi connectivity index (χ1v) is 10.8. The third kappa shape index (κ3) is 6.90. The third-order valence-electron chi connectivity index (χ3n) is 5.07. The number of nitrogens with one attached hydrogen (secondary N) is 2. The van der Waals surface area contributed by atoms with Crippen molar-refractivity contribution in [2.24, 2.45) is 0 Å². The van der Waals surface area contributed by atoms with E-state index >= 15 is 0 Å². The van der Waals surface area contributed by atoms with E-state index in [1.54, 1.807) is 12.1 Å². The second kappa shape index (κ2) is 11.2. The van der Waals surface area contributed by atoms with Crippen LogP contribution in [0.25, 0.3) is 0 Å². The Bertz CT molecular complexity index is 835. The van der Waals surface area contributed by atoms with Crippen LogP contribution >= 0.6 is 23.2 Å². The maximum Gasteiger partial charge on any atom is 0.309 e. The molecule has 2 amide bonds. The van der Waals surface area contributed by atoms with E-state index in [0.29, 0.717) is 18.1 Å². The van der Waals surface area contributed by atoms with Gasteiger partial charge in [-0.1, -0.05) is 35.3 Å². The zero-order chi connectivity index (χ0) is 21.3. The molecular weight excluding hydrogens is 423 g/mol. The fourth-order valence-corrected chi connectivity index (χ4v) is 3.58. The Balaban J connectivity index is 1.28. The molecule has 30 heavy (non-hydrogen) atoms. The number of carbonyl (C=O) groups is 2. The number of rotatable bonds is 7. The molecule has 0 radical (unpaired) electrons. The quantitative estimate of drug-likeness (QED) is 0.504. The van der Waals surface area contributed by atoms with Crippen LogP contribution in [0.2, 0.25) is 10.0 Å². The van der Waals surface area contributed by atoms with E-state index in [-0.39, 0.29) is 0 Å². The van der Waals surface area contributed by atoms with Crippen LogP contribution in [-0.4, -0.2) is 56.0 Å². The van der Waals surface area contributed by atoms with Crippen LogP contribution in [0.5, 0.6) is 0 Å². The van der Waals surface area contributed by atoms with Gasteiger partial charge in [-0.15, -0.1) is 0 Å². The third-order valence-corrected chi connectivity index (χ3v) is 5.58. The molecule has 1 saturated heterocycles. The molecule has 1 aliphatic rings. The van der Waals surface area contributed by atoms with E-state index in [2.05, 4.69) is 20.4 Å². The van der Waals surface area contributed by atoms with Crippen LogP contribution in [0.3, 0.4) is 0 Å². The standard InChI is InChI=1S/C22H26Cl2N4O2/c23-18-4-2-17(3-5-18)16-26-22(30)21(29)25-10-1-11-27-12-14-28(15-13-27)20-8-6-19(24)7-9-20/h2-9H,1,10-16H2,(H,25,29)(H,26,30). The maximum absolute atomic E-state index is 11.9. The van der Waals surface area contributed by atoms with Crippen LogP contribution in [0.4, 0.5) is 5.69 Å². The normalized spacial score (nSPS) is 14.4. The van der Waals surface area contributed by atoms with Gasteiger partial charge in [0.05, 0.1) is 0 Å². The van der Waals surface area contributed by atoms with Gasteiger partial charge in [-0.05, 0) is 54.9 Å². The summed E-state index contributed by atoms with van der Waals surface area (Å²) in [7, 11) is 0. The van der Waals surface area contributed by atoms with Crippen molar-refractivity contribution in [1.82, 2.24) is 15.5 Å². The number of nitrogens with zero attached hydrogens (tertiary/aromatic N) is 2. The minimum atomic E-state index is -0.624. The van der Waals surface area contributed by atoms with Gasteiger partial charge in [-0.25, -0.2) is 0 Å². The Morgan fingerprint density at radius 2 is 1.37 bits per heavy atom. The molecule has 1 fully saturated rings. The van der Waals surface area contributed by atoms with Crippen molar-refractivity contribution < 1.29 is 9.59 Å². The van der Waals surface area contributed by atoms with Crippen molar-refractivity contribution in [1.29, 1.82) is 0 Å². The summed E-state index contributed by atoms with van der Waals surface area (Å²) in [6, 6.07) is 15.0. The molecule has 0 aliphatic carbocycles. The van der Waals surface area contributed by atoms with Crippen molar-refractivity contribution in [2.45, 2.75) is 13.0 Å². The number of amides is 2. The number of halogens is 2. The molecule has 2 aromatic carbocycles. The maximum atomic E-state index is 11.9. The van der Waals surface area contributed by atoms with E-state index in [0.717, 1.165) is 49.7 Å². The average molecular weight is 449 g/mol. The van der Waals surface area contributed by atoms with Crippen molar-refractivity contribution in [2.75, 3.05) is 44.2 Å². The van der Waals surface area contributed by atoms with Gasteiger partial charge < -0.3 is 15.5 Å². The van der Waals surface area contributed by atoms with Gasteiger partial charge >= 0.3 is 11.8 Å². The summed E-state index contributed by atoms with van der Waals surface area (Å²) >= 11 is 11.8. The van der Waals surface area contributed by atoms with Crippen LogP contribution < -0.4 is 15.5 Å². The van der Waals surface area contributed by atoms with Crippen LogP contribution in [0.15, 0.2) is 48.5 Å². The lowest BCUT2D eigenvalue weighted by Crippen LogP contribution is -2.47.